The van der Waals surface area contributed by atoms with Crippen molar-refractivity contribution in [1.29, 1.82) is 5.41 Å². The minimum Gasteiger partial charge on any atom is -0.457 e. The lowest BCUT2D eigenvalue weighted by molar-refractivity contribution is 0.483. The van der Waals surface area contributed by atoms with Crippen molar-refractivity contribution in [1.82, 2.24) is 0 Å². The lowest BCUT2D eigenvalue weighted by atomic mass is 10.2. The summed E-state index contributed by atoms with van der Waals surface area (Å²) in [5.74, 6) is 1.28. The lowest BCUT2D eigenvalue weighted by Crippen LogP contribution is -1.97. The zero-order chi connectivity index (χ0) is 13.1. The first-order valence-corrected chi connectivity index (χ1v) is 6.59. The fourth-order valence-electron chi connectivity index (χ4n) is 1.46. The summed E-state index contributed by atoms with van der Waals surface area (Å²) >= 11 is 7.80. The van der Waals surface area contributed by atoms with Crippen LogP contribution in [0.3, 0.4) is 0 Å². The third kappa shape index (κ3) is 3.14. The summed E-state index contributed by atoms with van der Waals surface area (Å²) in [5.41, 5.74) is 7.01. The molecule has 0 radical (unpaired) electrons. The number of nitrogens with two attached hydrogens (primary N) is 1. The molecular weight excluding hydrogens is 363 g/mol. The average molecular weight is 373 g/mol. The molecule has 5 heteroatoms. The first-order chi connectivity index (χ1) is 8.56. The quantitative estimate of drug-likeness (QED) is 0.474. The monoisotopic (exact) mass is 372 g/mol. The Morgan fingerprint density at radius 3 is 2.56 bits per heavy atom. The second-order valence-electron chi connectivity index (χ2n) is 3.62. The van der Waals surface area contributed by atoms with E-state index >= 15 is 0 Å². The molecule has 3 N–H and O–H groups in total. The molecule has 0 aliphatic carbocycles. The van der Waals surface area contributed by atoms with Crippen LogP contribution in [0.25, 0.3) is 0 Å². The Hall–Kier alpha value is -1.27. The van der Waals surface area contributed by atoms with E-state index in [1.54, 1.807) is 30.3 Å². The van der Waals surface area contributed by atoms with E-state index < -0.39 is 0 Å². The topological polar surface area (TPSA) is 59.1 Å². The van der Waals surface area contributed by atoms with Crippen molar-refractivity contribution in [2.75, 3.05) is 5.73 Å². The molecule has 0 saturated heterocycles. The molecule has 0 aliphatic heterocycles. The van der Waals surface area contributed by atoms with E-state index in [0.29, 0.717) is 31.5 Å². The van der Waals surface area contributed by atoms with Gasteiger partial charge in [0, 0.05) is 16.3 Å². The van der Waals surface area contributed by atoms with Crippen LogP contribution in [0.1, 0.15) is 5.56 Å². The predicted molar refractivity (Wildman–Crippen MR) is 83.2 cm³/mol. The highest BCUT2D eigenvalue weighted by Gasteiger charge is 2.06. The van der Waals surface area contributed by atoms with E-state index in [-0.39, 0.29) is 0 Å². The Kier molecular flexibility index (Phi) is 4.08. The van der Waals surface area contributed by atoms with Gasteiger partial charge < -0.3 is 10.5 Å². The van der Waals surface area contributed by atoms with Crippen LogP contribution in [-0.2, 0) is 0 Å². The Labute approximate surface area is 124 Å². The van der Waals surface area contributed by atoms with Crippen LogP contribution < -0.4 is 10.5 Å². The smallest absolute Gasteiger partial charge is 0.128 e. The third-order valence-corrected chi connectivity index (χ3v) is 3.11. The molecule has 18 heavy (non-hydrogen) atoms. The van der Waals surface area contributed by atoms with Crippen LogP contribution in [0.5, 0.6) is 11.5 Å². The van der Waals surface area contributed by atoms with Crippen LogP contribution in [0.15, 0.2) is 42.5 Å². The van der Waals surface area contributed by atoms with Crippen molar-refractivity contribution < 1.29 is 4.74 Å². The molecule has 0 heterocycles. The molecule has 0 aromatic heterocycles. The highest BCUT2D eigenvalue weighted by atomic mass is 127. The van der Waals surface area contributed by atoms with Crippen LogP contribution >= 0.6 is 34.2 Å². The molecule has 0 aliphatic rings. The van der Waals surface area contributed by atoms with Crippen molar-refractivity contribution in [3.8, 4) is 11.5 Å². The maximum Gasteiger partial charge on any atom is 0.128 e. The summed E-state index contributed by atoms with van der Waals surface area (Å²) in [5, 5.41) is 8.23. The number of ether oxygens (including phenoxy) is 1. The number of benzene rings is 2. The van der Waals surface area contributed by atoms with Gasteiger partial charge in [-0.3, -0.25) is 5.41 Å². The van der Waals surface area contributed by atoms with Crippen LogP contribution in [0.4, 0.5) is 5.69 Å². The summed E-state index contributed by atoms with van der Waals surface area (Å²) in [6.45, 7) is 0. The summed E-state index contributed by atoms with van der Waals surface area (Å²) < 4.78 is 6.04. The van der Waals surface area contributed by atoms with Gasteiger partial charge in [0.15, 0.2) is 0 Å². The van der Waals surface area contributed by atoms with E-state index in [9.17, 15) is 0 Å². The van der Waals surface area contributed by atoms with Gasteiger partial charge in [0.25, 0.3) is 0 Å². The molecule has 3 nitrogen and oxygen atoms in total. The molecule has 2 aromatic rings. The van der Waals surface area contributed by atoms with Gasteiger partial charge in [0.2, 0.25) is 0 Å². The maximum atomic E-state index is 7.62. The van der Waals surface area contributed by atoms with E-state index in [2.05, 4.69) is 0 Å². The molecule has 0 unspecified atom stereocenters. The van der Waals surface area contributed by atoms with Crippen molar-refractivity contribution in [2.24, 2.45) is 0 Å². The molecule has 92 valence electrons. The van der Waals surface area contributed by atoms with Gasteiger partial charge in [-0.1, -0.05) is 17.7 Å². The van der Waals surface area contributed by atoms with Crippen molar-refractivity contribution in [3.63, 3.8) is 0 Å². The number of anilines is 1. The fourth-order valence-corrected chi connectivity index (χ4v) is 2.10. The normalized spacial score (nSPS) is 10.1. The summed E-state index contributed by atoms with van der Waals surface area (Å²) in [6, 6.07) is 12.4. The molecule has 0 saturated carbocycles. The minimum absolute atomic E-state index is 0.377. The number of nitrogens with one attached hydrogen (secondary N) is 1. The summed E-state index contributed by atoms with van der Waals surface area (Å²) in [7, 11) is 0. The minimum atomic E-state index is 0.377. The molecule has 0 amide bonds. The van der Waals surface area contributed by atoms with Crippen LogP contribution in [0.2, 0.25) is 5.02 Å². The first-order valence-electron chi connectivity index (χ1n) is 5.13. The molecular formula is C13H10ClIN2O. The Balaban J connectivity index is 2.30. The first kappa shape index (κ1) is 13.2. The second kappa shape index (κ2) is 5.58. The van der Waals surface area contributed by atoms with E-state index in [1.165, 1.54) is 0 Å². The SMILES string of the molecule is N=C(I)c1cc(Oc2cccc(Cl)c2)ccc1N. The lowest BCUT2D eigenvalue weighted by Gasteiger charge is -2.09. The Bertz CT molecular complexity index is 601. The molecule has 0 fully saturated rings. The summed E-state index contributed by atoms with van der Waals surface area (Å²) in [6.07, 6.45) is 0. The zero-order valence-corrected chi connectivity index (χ0v) is 12.2. The van der Waals surface area contributed by atoms with Crippen LogP contribution in [0, 0.1) is 5.41 Å². The van der Waals surface area contributed by atoms with Crippen LogP contribution in [-0.4, -0.2) is 3.72 Å². The van der Waals surface area contributed by atoms with Gasteiger partial charge in [-0.05, 0) is 59.0 Å². The maximum absolute atomic E-state index is 7.62. The van der Waals surface area contributed by atoms with Crippen molar-refractivity contribution >= 4 is 43.6 Å². The molecule has 2 rings (SSSR count). The van der Waals surface area contributed by atoms with Crippen molar-refractivity contribution in [2.45, 2.75) is 0 Å². The van der Waals surface area contributed by atoms with Gasteiger partial charge >= 0.3 is 0 Å². The van der Waals surface area contributed by atoms with Gasteiger partial charge in [-0.2, -0.15) is 0 Å². The fraction of sp³-hybridized carbons (Fsp3) is 0. The van der Waals surface area contributed by atoms with Crippen molar-refractivity contribution in [3.05, 3.63) is 53.1 Å². The van der Waals surface area contributed by atoms with Gasteiger partial charge in [0.1, 0.15) is 15.2 Å². The number of rotatable bonds is 3. The van der Waals surface area contributed by atoms with Gasteiger partial charge in [0.05, 0.1) is 0 Å². The van der Waals surface area contributed by atoms with Gasteiger partial charge in [-0.25, -0.2) is 0 Å². The van der Waals surface area contributed by atoms with Gasteiger partial charge in [-0.15, -0.1) is 0 Å². The largest absolute Gasteiger partial charge is 0.457 e. The average Bonchev–Trinajstić information content (AvgIpc) is 2.31. The van der Waals surface area contributed by atoms with E-state index in [1.807, 2.05) is 34.7 Å². The number of halogens is 2. The van der Waals surface area contributed by atoms with E-state index in [4.69, 9.17) is 27.5 Å². The molecule has 0 spiro atoms. The second-order valence-corrected chi connectivity index (χ2v) is 5.14. The van der Waals surface area contributed by atoms with E-state index in [0.717, 1.165) is 0 Å². The number of nitrogen functional groups attached to an aromatic ring is 1. The zero-order valence-electron chi connectivity index (χ0n) is 9.28. The third-order valence-electron chi connectivity index (χ3n) is 2.29. The standard InChI is InChI=1S/C13H10ClIN2O/c14-8-2-1-3-9(6-8)18-10-4-5-12(16)11(7-10)13(15)17/h1-7,17H,16H2. The number of hydrogen-bond donors (Lipinski definition) is 2. The summed E-state index contributed by atoms with van der Waals surface area (Å²) in [4.78, 5) is 0. The Morgan fingerprint density at radius 2 is 1.89 bits per heavy atom. The number of hydrogen-bond acceptors (Lipinski definition) is 3. The highest BCUT2D eigenvalue weighted by Crippen LogP contribution is 2.27. The molecule has 0 bridgehead atoms. The predicted octanol–water partition coefficient (Wildman–Crippen LogP) is 4.47. The highest BCUT2D eigenvalue weighted by molar-refractivity contribution is 14.1. The molecule has 2 aromatic carbocycles. The molecule has 0 atom stereocenters. The Morgan fingerprint density at radius 1 is 1.17 bits per heavy atom.